The van der Waals surface area contributed by atoms with E-state index in [0.717, 1.165) is 25.2 Å². The van der Waals surface area contributed by atoms with Gasteiger partial charge in [-0.1, -0.05) is 19.9 Å². The van der Waals surface area contributed by atoms with Gasteiger partial charge in [0, 0.05) is 62.4 Å². The maximum atomic E-state index is 10.4. The topological polar surface area (TPSA) is 112 Å². The highest BCUT2D eigenvalue weighted by molar-refractivity contribution is 5.54. The van der Waals surface area contributed by atoms with Gasteiger partial charge in [-0.15, -0.1) is 0 Å². The summed E-state index contributed by atoms with van der Waals surface area (Å²) in [7, 11) is 4.06. The molecule has 0 aromatic carbocycles. The number of nitrogens with two attached hydrogens (primary N) is 1. The lowest BCUT2D eigenvalue weighted by atomic mass is 9.86. The van der Waals surface area contributed by atoms with Crippen LogP contribution in [0.1, 0.15) is 39.0 Å². The molecule has 0 saturated heterocycles. The molecule has 2 unspecified atom stereocenters. The van der Waals surface area contributed by atoms with Crippen LogP contribution in [-0.2, 0) is 0 Å². The van der Waals surface area contributed by atoms with Gasteiger partial charge in [0.05, 0.1) is 5.70 Å². The molecular formula is C22H37N7O. The van der Waals surface area contributed by atoms with Gasteiger partial charge in [-0.25, -0.2) is 9.97 Å². The monoisotopic (exact) mass is 415 g/mol. The number of aliphatic hydroxyl groups excluding tert-OH is 1. The van der Waals surface area contributed by atoms with E-state index in [2.05, 4.69) is 63.5 Å². The molecule has 8 heteroatoms. The lowest BCUT2D eigenvalue weighted by Gasteiger charge is -2.32. The summed E-state index contributed by atoms with van der Waals surface area (Å²) in [5.74, 6) is 1.10. The smallest absolute Gasteiger partial charge is 0.153 e. The van der Waals surface area contributed by atoms with Crippen LogP contribution in [0.4, 0.5) is 0 Å². The normalized spacial score (nSPS) is 17.4. The van der Waals surface area contributed by atoms with E-state index in [4.69, 9.17) is 5.73 Å². The highest BCUT2D eigenvalue weighted by Gasteiger charge is 2.23. The standard InChI is InChI=1S/C18H29N5O.C4H8N2/c1-13(2)14-5-6-16(17(9-14)23(4)8-7-19-3)22-18(24)15-10-20-12-21-11-15;1-2-6-4-3-5/h5-6,10-14,18-19,22,24H,7-9H2,1-4H3;2-4H,5H2,1H3/b;4-3-,6-2?. The Labute approximate surface area is 180 Å². The molecule has 1 aliphatic carbocycles. The predicted octanol–water partition coefficient (Wildman–Crippen LogP) is 2.16. The van der Waals surface area contributed by atoms with Crippen molar-refractivity contribution in [1.82, 2.24) is 25.5 Å². The van der Waals surface area contributed by atoms with Crippen molar-refractivity contribution in [2.24, 2.45) is 22.6 Å². The van der Waals surface area contributed by atoms with Gasteiger partial charge in [0.25, 0.3) is 0 Å². The molecule has 0 aliphatic heterocycles. The zero-order valence-electron chi connectivity index (χ0n) is 18.8. The Balaban J connectivity index is 0.000000656. The minimum absolute atomic E-state index is 0.514. The molecule has 0 bridgehead atoms. The number of likely N-dealkylation sites (N-methyl/N-ethyl adjacent to an activating group) is 2. The van der Waals surface area contributed by atoms with E-state index in [1.165, 1.54) is 24.4 Å². The van der Waals surface area contributed by atoms with E-state index in [1.807, 2.05) is 14.0 Å². The Morgan fingerprint density at radius 1 is 1.37 bits per heavy atom. The van der Waals surface area contributed by atoms with Gasteiger partial charge in [-0.05, 0) is 38.3 Å². The minimum atomic E-state index is -0.825. The molecule has 0 radical (unpaired) electrons. The second-order valence-corrected chi connectivity index (χ2v) is 7.32. The van der Waals surface area contributed by atoms with Crippen LogP contribution in [0.5, 0.6) is 0 Å². The first-order valence-corrected chi connectivity index (χ1v) is 10.3. The second-order valence-electron chi connectivity index (χ2n) is 7.32. The highest BCUT2D eigenvalue weighted by atomic mass is 16.3. The summed E-state index contributed by atoms with van der Waals surface area (Å²) in [4.78, 5) is 13.8. The number of nitrogens with one attached hydrogen (secondary N) is 2. The number of aliphatic imine (C=N–C) groups is 1. The third-order valence-electron chi connectivity index (χ3n) is 4.77. The zero-order chi connectivity index (χ0) is 22.4. The molecule has 166 valence electrons. The van der Waals surface area contributed by atoms with Crippen LogP contribution in [0.2, 0.25) is 0 Å². The fraction of sp³-hybridized carbons (Fsp3) is 0.500. The first-order chi connectivity index (χ1) is 14.4. The van der Waals surface area contributed by atoms with Crippen molar-refractivity contribution in [3.05, 3.63) is 60.2 Å². The average molecular weight is 416 g/mol. The third-order valence-corrected chi connectivity index (χ3v) is 4.77. The van der Waals surface area contributed by atoms with Gasteiger partial charge in [-0.3, -0.25) is 4.99 Å². The molecular weight excluding hydrogens is 378 g/mol. The van der Waals surface area contributed by atoms with Crippen molar-refractivity contribution in [2.45, 2.75) is 33.4 Å². The van der Waals surface area contributed by atoms with Gasteiger partial charge in [0.1, 0.15) is 6.33 Å². The molecule has 1 aliphatic rings. The van der Waals surface area contributed by atoms with Gasteiger partial charge in [0.15, 0.2) is 6.23 Å². The first kappa shape index (κ1) is 25.3. The van der Waals surface area contributed by atoms with Crippen molar-refractivity contribution in [1.29, 1.82) is 0 Å². The van der Waals surface area contributed by atoms with Gasteiger partial charge >= 0.3 is 0 Å². The molecule has 2 atom stereocenters. The summed E-state index contributed by atoms with van der Waals surface area (Å²) in [6.07, 6.45) is 13.8. The first-order valence-electron chi connectivity index (χ1n) is 10.3. The van der Waals surface area contributed by atoms with Gasteiger partial charge < -0.3 is 26.4 Å². The Kier molecular flexibility index (Phi) is 12.1. The molecule has 2 rings (SSSR count). The molecule has 1 heterocycles. The SMILES string of the molecule is CC=N/C=C\N.CNCCN(C)C1=C(NC(O)c2cncnc2)C=CC(C(C)C)C1. The molecule has 0 amide bonds. The van der Waals surface area contributed by atoms with Crippen LogP contribution >= 0.6 is 0 Å². The number of aromatic nitrogens is 2. The van der Waals surface area contributed by atoms with E-state index in [1.54, 1.807) is 18.6 Å². The Morgan fingerprint density at radius 2 is 2.07 bits per heavy atom. The molecule has 30 heavy (non-hydrogen) atoms. The number of allylic oxidation sites excluding steroid dienone is 3. The van der Waals surface area contributed by atoms with E-state index in [-0.39, 0.29) is 0 Å². The summed E-state index contributed by atoms with van der Waals surface area (Å²) >= 11 is 0. The van der Waals surface area contributed by atoms with E-state index in [0.29, 0.717) is 17.4 Å². The van der Waals surface area contributed by atoms with Crippen LogP contribution in [0.15, 0.2) is 59.7 Å². The van der Waals surface area contributed by atoms with Crippen LogP contribution in [-0.4, -0.2) is 53.4 Å². The van der Waals surface area contributed by atoms with Crippen molar-refractivity contribution in [3.8, 4) is 0 Å². The molecule has 1 aromatic heterocycles. The number of aliphatic hydroxyl groups is 1. The van der Waals surface area contributed by atoms with Gasteiger partial charge in [-0.2, -0.15) is 0 Å². The number of hydrogen-bond acceptors (Lipinski definition) is 8. The van der Waals surface area contributed by atoms with Crippen LogP contribution < -0.4 is 16.4 Å². The zero-order valence-corrected chi connectivity index (χ0v) is 18.8. The molecule has 8 nitrogen and oxygen atoms in total. The summed E-state index contributed by atoms with van der Waals surface area (Å²) in [5, 5.41) is 16.8. The third kappa shape index (κ3) is 8.75. The number of rotatable bonds is 9. The van der Waals surface area contributed by atoms with Crippen molar-refractivity contribution < 1.29 is 5.11 Å². The molecule has 0 saturated carbocycles. The fourth-order valence-electron chi connectivity index (χ4n) is 2.90. The quantitative estimate of drug-likeness (QED) is 0.361. The van der Waals surface area contributed by atoms with Crippen molar-refractivity contribution in [2.75, 3.05) is 27.2 Å². The predicted molar refractivity (Wildman–Crippen MR) is 123 cm³/mol. The van der Waals surface area contributed by atoms with Crippen molar-refractivity contribution >= 4 is 6.21 Å². The summed E-state index contributed by atoms with van der Waals surface area (Å²) in [6.45, 7) is 8.15. The van der Waals surface area contributed by atoms with Crippen LogP contribution in [0, 0.1) is 11.8 Å². The lowest BCUT2D eigenvalue weighted by Crippen LogP contribution is -2.33. The van der Waals surface area contributed by atoms with E-state index < -0.39 is 6.23 Å². The van der Waals surface area contributed by atoms with Crippen LogP contribution in [0.3, 0.4) is 0 Å². The molecule has 5 N–H and O–H groups in total. The van der Waals surface area contributed by atoms with E-state index >= 15 is 0 Å². The molecule has 1 aromatic rings. The average Bonchev–Trinajstić information content (AvgIpc) is 2.77. The number of hydrogen-bond donors (Lipinski definition) is 4. The maximum Gasteiger partial charge on any atom is 0.153 e. The summed E-state index contributed by atoms with van der Waals surface area (Å²) < 4.78 is 0. The van der Waals surface area contributed by atoms with Gasteiger partial charge in [0.2, 0.25) is 0 Å². The largest absolute Gasteiger partial charge is 0.403 e. The van der Waals surface area contributed by atoms with Crippen molar-refractivity contribution in [3.63, 3.8) is 0 Å². The Morgan fingerprint density at radius 3 is 2.60 bits per heavy atom. The minimum Gasteiger partial charge on any atom is -0.403 e. The van der Waals surface area contributed by atoms with E-state index in [9.17, 15) is 5.11 Å². The highest BCUT2D eigenvalue weighted by Crippen LogP contribution is 2.30. The maximum absolute atomic E-state index is 10.4. The Hall–Kier alpha value is -2.71. The molecule has 0 fully saturated rings. The fourth-order valence-corrected chi connectivity index (χ4v) is 2.90. The summed E-state index contributed by atoms with van der Waals surface area (Å²) in [5.41, 5.74) is 7.76. The summed E-state index contributed by atoms with van der Waals surface area (Å²) in [6, 6.07) is 0. The Bertz CT molecular complexity index is 703. The second kappa shape index (κ2) is 14.3. The molecule has 0 spiro atoms. The lowest BCUT2D eigenvalue weighted by molar-refractivity contribution is 0.150. The van der Waals surface area contributed by atoms with Crippen LogP contribution in [0.25, 0.3) is 0 Å². The number of nitrogens with zero attached hydrogens (tertiary/aromatic N) is 4.